The second-order valence-corrected chi connectivity index (χ2v) is 10.0. The summed E-state index contributed by atoms with van der Waals surface area (Å²) in [6.45, 7) is 2.26. The fourth-order valence-electron chi connectivity index (χ4n) is 5.38. The molecule has 0 saturated carbocycles. The summed E-state index contributed by atoms with van der Waals surface area (Å²) in [7, 11) is 0. The maximum atomic E-state index is 12.5. The number of phenolic OH excluding ortho intramolecular Hbond substituents is 2. The van der Waals surface area contributed by atoms with Crippen molar-refractivity contribution in [3.05, 3.63) is 87.9 Å². The van der Waals surface area contributed by atoms with Crippen molar-refractivity contribution in [1.82, 2.24) is 4.90 Å². The van der Waals surface area contributed by atoms with Gasteiger partial charge in [0.1, 0.15) is 23.4 Å². The van der Waals surface area contributed by atoms with Crippen LogP contribution >= 0.6 is 11.6 Å². The zero-order valence-corrected chi connectivity index (χ0v) is 21.0. The molecule has 3 aromatic rings. The third-order valence-corrected chi connectivity index (χ3v) is 7.41. The number of hydrogen-bond donors (Lipinski definition) is 2. The molecule has 1 aliphatic carbocycles. The molecule has 0 aromatic heterocycles. The van der Waals surface area contributed by atoms with Gasteiger partial charge in [-0.15, -0.1) is 0 Å². The maximum absolute atomic E-state index is 12.5. The van der Waals surface area contributed by atoms with Gasteiger partial charge in [-0.3, -0.25) is 9.29 Å². The Morgan fingerprint density at radius 3 is 2.50 bits per heavy atom. The second kappa shape index (κ2) is 10.9. The van der Waals surface area contributed by atoms with E-state index in [0.29, 0.717) is 11.4 Å². The number of likely N-dealkylation sites (tertiary alicyclic amines) is 1. The van der Waals surface area contributed by atoms with Gasteiger partial charge in [0.2, 0.25) is 0 Å². The summed E-state index contributed by atoms with van der Waals surface area (Å²) in [5, 5.41) is 20.8. The van der Waals surface area contributed by atoms with Crippen LogP contribution in [-0.4, -0.2) is 47.5 Å². The fraction of sp³-hybridized carbons (Fsp3) is 0.333. The number of ether oxygens (including phenoxy) is 1. The van der Waals surface area contributed by atoms with Crippen LogP contribution in [0.4, 0.5) is 4.39 Å². The van der Waals surface area contributed by atoms with E-state index in [2.05, 4.69) is 17.0 Å². The SMILES string of the molecule is Oc1ccc(C2=C(c3ccc(O[C@H]4CCN(CCCF)C4)cc3)c3cc(O)ccc3CCC2)c(Cl)c1. The number of allylic oxidation sites excluding steroid dienone is 1. The number of hydrogen-bond acceptors (Lipinski definition) is 4. The largest absolute Gasteiger partial charge is 0.508 e. The molecule has 1 heterocycles. The fourth-order valence-corrected chi connectivity index (χ4v) is 5.67. The third-order valence-electron chi connectivity index (χ3n) is 7.10. The van der Waals surface area contributed by atoms with E-state index < -0.39 is 0 Å². The van der Waals surface area contributed by atoms with E-state index >= 15 is 0 Å². The first-order chi connectivity index (χ1) is 17.5. The van der Waals surface area contributed by atoms with Gasteiger partial charge in [0.05, 0.1) is 11.7 Å². The highest BCUT2D eigenvalue weighted by Crippen LogP contribution is 2.43. The number of halogens is 2. The highest BCUT2D eigenvalue weighted by Gasteiger charge is 2.25. The summed E-state index contributed by atoms with van der Waals surface area (Å²) in [5.41, 5.74) is 6.23. The van der Waals surface area contributed by atoms with Crippen molar-refractivity contribution < 1.29 is 19.3 Å². The van der Waals surface area contributed by atoms with Crippen molar-refractivity contribution in [3.63, 3.8) is 0 Å². The molecule has 1 atom stereocenters. The molecule has 2 aliphatic rings. The zero-order chi connectivity index (χ0) is 25.1. The van der Waals surface area contributed by atoms with Gasteiger partial charge in [0, 0.05) is 19.6 Å². The smallest absolute Gasteiger partial charge is 0.119 e. The number of benzene rings is 3. The Morgan fingerprint density at radius 2 is 1.72 bits per heavy atom. The minimum absolute atomic E-state index is 0.108. The van der Waals surface area contributed by atoms with Crippen LogP contribution < -0.4 is 4.74 Å². The molecule has 1 fully saturated rings. The molecular weight excluding hydrogens is 477 g/mol. The van der Waals surface area contributed by atoms with Crippen LogP contribution in [0, 0.1) is 0 Å². The molecule has 0 radical (unpaired) electrons. The molecule has 2 N–H and O–H groups in total. The summed E-state index contributed by atoms with van der Waals surface area (Å²) < 4.78 is 18.7. The Labute approximate surface area is 216 Å². The molecule has 5 rings (SSSR count). The lowest BCUT2D eigenvalue weighted by Gasteiger charge is -2.19. The van der Waals surface area contributed by atoms with Crippen LogP contribution in [0.1, 0.15) is 47.9 Å². The molecular formula is C30H31ClFNO3. The van der Waals surface area contributed by atoms with Crippen molar-refractivity contribution in [2.75, 3.05) is 26.3 Å². The van der Waals surface area contributed by atoms with Crippen LogP contribution in [0.25, 0.3) is 11.1 Å². The van der Waals surface area contributed by atoms with E-state index in [1.807, 2.05) is 30.3 Å². The molecule has 36 heavy (non-hydrogen) atoms. The Morgan fingerprint density at radius 1 is 0.944 bits per heavy atom. The van der Waals surface area contributed by atoms with Crippen molar-refractivity contribution >= 4 is 22.7 Å². The molecule has 0 bridgehead atoms. The van der Waals surface area contributed by atoms with Crippen LogP contribution in [0.5, 0.6) is 17.2 Å². The predicted octanol–water partition coefficient (Wildman–Crippen LogP) is 6.86. The van der Waals surface area contributed by atoms with Crippen LogP contribution in [0.2, 0.25) is 5.02 Å². The van der Waals surface area contributed by atoms with Crippen LogP contribution in [0.15, 0.2) is 60.7 Å². The normalized spacial score (nSPS) is 18.2. The molecule has 4 nitrogen and oxygen atoms in total. The van der Waals surface area contributed by atoms with Crippen molar-refractivity contribution in [2.45, 2.75) is 38.2 Å². The zero-order valence-electron chi connectivity index (χ0n) is 20.2. The summed E-state index contributed by atoms with van der Waals surface area (Å²) in [6.07, 6.45) is 4.30. The van der Waals surface area contributed by atoms with Gasteiger partial charge in [-0.25, -0.2) is 0 Å². The predicted molar refractivity (Wildman–Crippen MR) is 143 cm³/mol. The first kappa shape index (κ1) is 24.7. The van der Waals surface area contributed by atoms with Crippen LogP contribution in [0.3, 0.4) is 0 Å². The molecule has 1 aliphatic heterocycles. The average Bonchev–Trinajstić information content (AvgIpc) is 3.23. The Balaban J connectivity index is 1.49. The molecule has 188 valence electrons. The van der Waals surface area contributed by atoms with Gasteiger partial charge in [0.25, 0.3) is 0 Å². The highest BCUT2D eigenvalue weighted by atomic mass is 35.5. The van der Waals surface area contributed by atoms with Crippen molar-refractivity contribution in [3.8, 4) is 17.2 Å². The number of aryl methyl sites for hydroxylation is 1. The number of phenols is 2. The summed E-state index contributed by atoms with van der Waals surface area (Å²) >= 11 is 6.60. The summed E-state index contributed by atoms with van der Waals surface area (Å²) in [5.74, 6) is 1.17. The van der Waals surface area contributed by atoms with E-state index in [4.69, 9.17) is 16.3 Å². The van der Waals surface area contributed by atoms with Gasteiger partial charge in [-0.05, 0) is 108 Å². The highest BCUT2D eigenvalue weighted by molar-refractivity contribution is 6.33. The average molecular weight is 508 g/mol. The van der Waals surface area contributed by atoms with E-state index in [1.54, 1.807) is 18.2 Å². The van der Waals surface area contributed by atoms with E-state index in [-0.39, 0.29) is 24.3 Å². The number of rotatable bonds is 7. The summed E-state index contributed by atoms with van der Waals surface area (Å²) in [4.78, 5) is 2.26. The van der Waals surface area contributed by atoms with Gasteiger partial charge in [-0.2, -0.15) is 0 Å². The van der Waals surface area contributed by atoms with Gasteiger partial charge < -0.3 is 14.9 Å². The third kappa shape index (κ3) is 5.37. The molecule has 0 spiro atoms. The van der Waals surface area contributed by atoms with Crippen molar-refractivity contribution in [2.24, 2.45) is 0 Å². The van der Waals surface area contributed by atoms with E-state index in [9.17, 15) is 14.6 Å². The Bertz CT molecular complexity index is 1260. The Kier molecular flexibility index (Phi) is 7.49. The number of alkyl halides is 1. The van der Waals surface area contributed by atoms with E-state index in [0.717, 1.165) is 78.9 Å². The number of nitrogens with zero attached hydrogens (tertiary/aromatic N) is 1. The topological polar surface area (TPSA) is 52.9 Å². The lowest BCUT2D eigenvalue weighted by atomic mass is 9.87. The van der Waals surface area contributed by atoms with Crippen molar-refractivity contribution in [1.29, 1.82) is 0 Å². The number of fused-ring (bicyclic) bond motifs is 1. The molecule has 6 heteroatoms. The first-order valence-corrected chi connectivity index (χ1v) is 13.0. The van der Waals surface area contributed by atoms with Gasteiger partial charge in [-0.1, -0.05) is 29.8 Å². The molecule has 3 aromatic carbocycles. The number of aromatic hydroxyl groups is 2. The van der Waals surface area contributed by atoms with Gasteiger partial charge >= 0.3 is 0 Å². The standard InChI is InChI=1S/C30H31ClFNO3/c31-29-18-23(35)9-12-26(29)27-4-1-3-20-5-8-22(34)17-28(20)30(27)21-6-10-24(11-7-21)36-25-13-16-33(19-25)15-2-14-32/h5-12,17-18,25,34-35H,1-4,13-16,19H2/t25-/m0/s1. The minimum Gasteiger partial charge on any atom is -0.508 e. The first-order valence-electron chi connectivity index (χ1n) is 12.6. The lowest BCUT2D eigenvalue weighted by molar-refractivity contribution is 0.198. The Hall–Kier alpha value is -3.02. The summed E-state index contributed by atoms with van der Waals surface area (Å²) in [6, 6.07) is 18.8. The van der Waals surface area contributed by atoms with E-state index in [1.165, 1.54) is 5.56 Å². The van der Waals surface area contributed by atoms with Crippen LogP contribution in [-0.2, 0) is 6.42 Å². The second-order valence-electron chi connectivity index (χ2n) is 9.61. The van der Waals surface area contributed by atoms with Gasteiger partial charge in [0.15, 0.2) is 0 Å². The minimum atomic E-state index is -0.280. The maximum Gasteiger partial charge on any atom is 0.119 e. The molecule has 0 amide bonds. The molecule has 1 saturated heterocycles. The lowest BCUT2D eigenvalue weighted by Crippen LogP contribution is -2.26. The quantitative estimate of drug-likeness (QED) is 0.367. The monoisotopic (exact) mass is 507 g/mol. The molecule has 0 unspecified atom stereocenters.